The zero-order valence-corrected chi connectivity index (χ0v) is 14.6. The molecule has 8 heteroatoms. The van der Waals surface area contributed by atoms with E-state index in [0.717, 1.165) is 11.6 Å². The highest BCUT2D eigenvalue weighted by molar-refractivity contribution is 5.94. The molecule has 2 N–H and O–H groups in total. The summed E-state index contributed by atoms with van der Waals surface area (Å²) in [6, 6.07) is 10.7. The van der Waals surface area contributed by atoms with Gasteiger partial charge < -0.3 is 15.2 Å². The number of carbonyl (C=O) groups is 2. The third-order valence-corrected chi connectivity index (χ3v) is 3.84. The van der Waals surface area contributed by atoms with Crippen LogP contribution in [0.5, 0.6) is 5.75 Å². The molecule has 2 aromatic rings. The van der Waals surface area contributed by atoms with E-state index in [4.69, 9.17) is 4.74 Å². The summed E-state index contributed by atoms with van der Waals surface area (Å²) in [4.78, 5) is 24.3. The second kappa shape index (κ2) is 8.11. The first kappa shape index (κ1) is 20.3. The second-order valence-corrected chi connectivity index (χ2v) is 5.92. The van der Waals surface area contributed by atoms with Gasteiger partial charge in [-0.1, -0.05) is 30.3 Å². The van der Waals surface area contributed by atoms with Crippen molar-refractivity contribution in [1.29, 1.82) is 0 Å². The van der Waals surface area contributed by atoms with Crippen LogP contribution >= 0.6 is 0 Å². The molecule has 1 amide bonds. The van der Waals surface area contributed by atoms with Crippen molar-refractivity contribution < 1.29 is 32.6 Å². The summed E-state index contributed by atoms with van der Waals surface area (Å²) < 4.78 is 43.9. The molecule has 2 atom stereocenters. The van der Waals surface area contributed by atoms with Crippen LogP contribution in [0, 0.1) is 0 Å². The number of nitrogens with one attached hydrogen (secondary N) is 1. The molecule has 0 saturated heterocycles. The lowest BCUT2D eigenvalue weighted by Crippen LogP contribution is -2.37. The lowest BCUT2D eigenvalue weighted by atomic mass is 10.1. The Morgan fingerprint density at radius 1 is 1.07 bits per heavy atom. The van der Waals surface area contributed by atoms with Crippen molar-refractivity contribution in [2.45, 2.75) is 32.2 Å². The van der Waals surface area contributed by atoms with Gasteiger partial charge in [-0.3, -0.25) is 4.79 Å². The van der Waals surface area contributed by atoms with E-state index in [1.807, 2.05) is 6.07 Å². The quantitative estimate of drug-likeness (QED) is 0.772. The fourth-order valence-corrected chi connectivity index (χ4v) is 2.38. The highest BCUT2D eigenvalue weighted by Gasteiger charge is 2.36. The molecule has 2 aromatic carbocycles. The number of alkyl halides is 3. The Hall–Kier alpha value is -3.03. The molecule has 5 nitrogen and oxygen atoms in total. The average molecular weight is 381 g/mol. The average Bonchev–Trinajstić information content (AvgIpc) is 2.61. The maximum absolute atomic E-state index is 13.0. The molecule has 27 heavy (non-hydrogen) atoms. The van der Waals surface area contributed by atoms with E-state index >= 15 is 0 Å². The second-order valence-electron chi connectivity index (χ2n) is 5.92. The summed E-state index contributed by atoms with van der Waals surface area (Å²) >= 11 is 0. The maximum atomic E-state index is 13.0. The van der Waals surface area contributed by atoms with E-state index in [1.54, 1.807) is 31.2 Å². The fraction of sp³-hybridized carbons (Fsp3) is 0.263. The van der Waals surface area contributed by atoms with E-state index in [1.165, 1.54) is 6.92 Å². The smallest absolute Gasteiger partial charge is 0.417 e. The summed E-state index contributed by atoms with van der Waals surface area (Å²) in [7, 11) is 0. The molecule has 2 unspecified atom stereocenters. The number of esters is 1. The van der Waals surface area contributed by atoms with Crippen molar-refractivity contribution in [3.05, 3.63) is 65.2 Å². The van der Waals surface area contributed by atoms with E-state index in [2.05, 4.69) is 5.32 Å². The summed E-state index contributed by atoms with van der Waals surface area (Å²) in [5.41, 5.74) is -1.30. The van der Waals surface area contributed by atoms with E-state index in [0.29, 0.717) is 12.1 Å². The number of amides is 1. The first-order valence-corrected chi connectivity index (χ1v) is 8.06. The summed E-state index contributed by atoms with van der Waals surface area (Å²) in [5.74, 6) is -2.54. The number of hydrogen-bond donors (Lipinski definition) is 2. The van der Waals surface area contributed by atoms with Gasteiger partial charge in [0.25, 0.3) is 5.91 Å². The van der Waals surface area contributed by atoms with Gasteiger partial charge in [-0.2, -0.15) is 13.2 Å². The molecule has 2 rings (SSSR count). The molecule has 0 bridgehead atoms. The van der Waals surface area contributed by atoms with Gasteiger partial charge in [0, 0.05) is 0 Å². The molecule has 144 valence electrons. The number of phenols is 1. The van der Waals surface area contributed by atoms with Gasteiger partial charge in [0.05, 0.1) is 17.2 Å². The lowest BCUT2D eigenvalue weighted by molar-refractivity contribution is -0.138. The van der Waals surface area contributed by atoms with Crippen LogP contribution in [-0.4, -0.2) is 23.1 Å². The van der Waals surface area contributed by atoms with Crippen LogP contribution in [0.3, 0.4) is 0 Å². The van der Waals surface area contributed by atoms with E-state index in [9.17, 15) is 27.9 Å². The minimum absolute atomic E-state index is 0.383. The van der Waals surface area contributed by atoms with Crippen LogP contribution in [0.15, 0.2) is 48.5 Å². The third-order valence-electron chi connectivity index (χ3n) is 3.84. The van der Waals surface area contributed by atoms with Gasteiger partial charge in [-0.25, -0.2) is 4.79 Å². The van der Waals surface area contributed by atoms with Gasteiger partial charge in [-0.15, -0.1) is 0 Å². The topological polar surface area (TPSA) is 75.6 Å². The van der Waals surface area contributed by atoms with Crippen molar-refractivity contribution in [2.75, 3.05) is 0 Å². The van der Waals surface area contributed by atoms with Gasteiger partial charge in [-0.05, 0) is 37.6 Å². The van der Waals surface area contributed by atoms with Crippen molar-refractivity contribution in [1.82, 2.24) is 5.32 Å². The van der Waals surface area contributed by atoms with Gasteiger partial charge in [0.15, 0.2) is 6.10 Å². The standard InChI is InChI=1S/C19H18F3NO4/c1-11(13-6-4-3-5-7-13)23-17(25)12(2)27-18(26)15-10-14(24)8-9-16(15)19(20,21)22/h3-12,24H,1-2H3,(H,23,25). The Bertz CT molecular complexity index is 821. The maximum Gasteiger partial charge on any atom is 0.417 e. The number of rotatable bonds is 5. The van der Waals surface area contributed by atoms with Crippen molar-refractivity contribution >= 4 is 11.9 Å². The number of ether oxygens (including phenoxy) is 1. The predicted molar refractivity (Wildman–Crippen MR) is 91.0 cm³/mol. The largest absolute Gasteiger partial charge is 0.508 e. The summed E-state index contributed by atoms with van der Waals surface area (Å²) in [6.07, 6.45) is -6.14. The molecule has 0 heterocycles. The van der Waals surface area contributed by atoms with Crippen LogP contribution < -0.4 is 5.32 Å². The van der Waals surface area contributed by atoms with E-state index < -0.39 is 41.0 Å². The lowest BCUT2D eigenvalue weighted by Gasteiger charge is -2.19. The zero-order valence-electron chi connectivity index (χ0n) is 14.6. The molecule has 0 saturated carbocycles. The summed E-state index contributed by atoms with van der Waals surface area (Å²) in [5, 5.41) is 12.0. The number of hydrogen-bond acceptors (Lipinski definition) is 4. The summed E-state index contributed by atoms with van der Waals surface area (Å²) in [6.45, 7) is 2.97. The van der Waals surface area contributed by atoms with Gasteiger partial charge in [0.1, 0.15) is 5.75 Å². The molecular weight excluding hydrogens is 363 g/mol. The highest BCUT2D eigenvalue weighted by atomic mass is 19.4. The van der Waals surface area contributed by atoms with Crippen molar-refractivity contribution in [3.63, 3.8) is 0 Å². The van der Waals surface area contributed by atoms with Crippen molar-refractivity contribution in [2.24, 2.45) is 0 Å². The third kappa shape index (κ3) is 5.22. The fourth-order valence-electron chi connectivity index (χ4n) is 2.38. The number of halogens is 3. The van der Waals surface area contributed by atoms with Crippen LogP contribution in [0.1, 0.15) is 41.4 Å². The van der Waals surface area contributed by atoms with E-state index in [-0.39, 0.29) is 6.04 Å². The Morgan fingerprint density at radius 3 is 2.30 bits per heavy atom. The normalized spacial score (nSPS) is 13.5. The number of phenolic OH excluding ortho intramolecular Hbond substituents is 1. The molecule has 0 aliphatic heterocycles. The highest BCUT2D eigenvalue weighted by Crippen LogP contribution is 2.34. The molecular formula is C19H18F3NO4. The minimum atomic E-state index is -4.81. The first-order valence-electron chi connectivity index (χ1n) is 8.06. The van der Waals surface area contributed by atoms with Crippen LogP contribution in [0.2, 0.25) is 0 Å². The SMILES string of the molecule is CC(OC(=O)c1cc(O)ccc1C(F)(F)F)C(=O)NC(C)c1ccccc1. The zero-order chi connectivity index (χ0) is 20.2. The predicted octanol–water partition coefficient (Wildman–Crippen LogP) is 3.83. The van der Waals surface area contributed by atoms with Crippen molar-refractivity contribution in [3.8, 4) is 5.75 Å². The first-order chi connectivity index (χ1) is 12.6. The number of benzene rings is 2. The van der Waals surface area contributed by atoms with Crippen LogP contribution in [0.4, 0.5) is 13.2 Å². The number of carbonyl (C=O) groups excluding carboxylic acids is 2. The van der Waals surface area contributed by atoms with Crippen LogP contribution in [0.25, 0.3) is 0 Å². The Kier molecular flexibility index (Phi) is 6.09. The van der Waals surface area contributed by atoms with Gasteiger partial charge in [0.2, 0.25) is 0 Å². The molecule has 0 aliphatic rings. The molecule has 0 spiro atoms. The Balaban J connectivity index is 2.09. The van der Waals surface area contributed by atoms with Crippen LogP contribution in [-0.2, 0) is 15.7 Å². The molecule has 0 radical (unpaired) electrons. The Morgan fingerprint density at radius 2 is 1.70 bits per heavy atom. The molecule has 0 aliphatic carbocycles. The monoisotopic (exact) mass is 381 g/mol. The molecule has 0 fully saturated rings. The number of aromatic hydroxyl groups is 1. The minimum Gasteiger partial charge on any atom is -0.508 e. The van der Waals surface area contributed by atoms with Gasteiger partial charge >= 0.3 is 12.1 Å². The molecule has 0 aromatic heterocycles. The Labute approximate surface area is 153 Å².